The van der Waals surface area contributed by atoms with E-state index in [0.717, 1.165) is 18.5 Å². The van der Waals surface area contributed by atoms with Crippen molar-refractivity contribution in [3.8, 4) is 5.75 Å². The molecule has 1 atom stereocenters. The van der Waals surface area contributed by atoms with Crippen molar-refractivity contribution in [2.24, 2.45) is 0 Å². The van der Waals surface area contributed by atoms with Gasteiger partial charge in [0, 0.05) is 17.8 Å². The highest BCUT2D eigenvalue weighted by Crippen LogP contribution is 2.25. The lowest BCUT2D eigenvalue weighted by molar-refractivity contribution is -0.122. The fraction of sp³-hybridized carbons (Fsp3) is 0.278. The van der Waals surface area contributed by atoms with Gasteiger partial charge in [-0.2, -0.15) is 0 Å². The molecule has 2 aromatic carbocycles. The van der Waals surface area contributed by atoms with E-state index in [0.29, 0.717) is 11.3 Å². The molecule has 0 aromatic heterocycles. The molecule has 1 amide bonds. The zero-order valence-electron chi connectivity index (χ0n) is 12.9. The lowest BCUT2D eigenvalue weighted by Crippen LogP contribution is -2.34. The van der Waals surface area contributed by atoms with E-state index in [9.17, 15) is 9.18 Å². The summed E-state index contributed by atoms with van der Waals surface area (Å²) in [6, 6.07) is 13.0. The van der Waals surface area contributed by atoms with Gasteiger partial charge in [0.25, 0.3) is 0 Å². The van der Waals surface area contributed by atoms with Crippen LogP contribution >= 0.6 is 0 Å². The maximum atomic E-state index is 13.2. The van der Waals surface area contributed by atoms with Crippen molar-refractivity contribution in [3.05, 3.63) is 59.9 Å². The van der Waals surface area contributed by atoms with Crippen LogP contribution in [0.2, 0.25) is 0 Å². The van der Waals surface area contributed by atoms with Gasteiger partial charge in [-0.3, -0.25) is 4.79 Å². The quantitative estimate of drug-likeness (QED) is 0.860. The molecule has 23 heavy (non-hydrogen) atoms. The molecule has 0 radical (unpaired) electrons. The summed E-state index contributed by atoms with van der Waals surface area (Å²) in [5.41, 5.74) is 1.48. The van der Waals surface area contributed by atoms with Gasteiger partial charge in [-0.15, -0.1) is 0 Å². The highest BCUT2D eigenvalue weighted by Gasteiger charge is 2.28. The predicted octanol–water partition coefficient (Wildman–Crippen LogP) is 3.27. The molecule has 0 spiro atoms. The first kappa shape index (κ1) is 15.3. The lowest BCUT2D eigenvalue weighted by atomic mass is 10.1. The van der Waals surface area contributed by atoms with Crippen molar-refractivity contribution in [2.75, 3.05) is 12.4 Å². The van der Waals surface area contributed by atoms with Crippen molar-refractivity contribution in [1.82, 2.24) is 5.32 Å². The van der Waals surface area contributed by atoms with E-state index < -0.39 is 6.04 Å². The van der Waals surface area contributed by atoms with Gasteiger partial charge in [0.2, 0.25) is 5.91 Å². The van der Waals surface area contributed by atoms with Crippen LogP contribution < -0.4 is 15.4 Å². The Morgan fingerprint density at radius 2 is 1.96 bits per heavy atom. The Bertz CT molecular complexity index is 684. The summed E-state index contributed by atoms with van der Waals surface area (Å²) in [5.74, 6) is 0.272. The maximum absolute atomic E-state index is 13.2. The van der Waals surface area contributed by atoms with Crippen molar-refractivity contribution < 1.29 is 13.9 Å². The standard InChI is InChI=1S/C18H19FN2O2/c1-23-16-4-2-3-15(11-16)20-17(18(22)21-14-9-10-14)12-5-7-13(19)8-6-12/h2-8,11,14,17,20H,9-10H2,1H3,(H,21,22). The SMILES string of the molecule is COc1cccc(NC(C(=O)NC2CC2)c2ccc(F)cc2)c1. The number of carbonyl (C=O) groups excluding carboxylic acids is 1. The smallest absolute Gasteiger partial charge is 0.247 e. The molecule has 0 heterocycles. The monoisotopic (exact) mass is 314 g/mol. The number of amides is 1. The van der Waals surface area contributed by atoms with Gasteiger partial charge >= 0.3 is 0 Å². The van der Waals surface area contributed by atoms with E-state index in [-0.39, 0.29) is 17.8 Å². The minimum Gasteiger partial charge on any atom is -0.497 e. The van der Waals surface area contributed by atoms with Gasteiger partial charge in [0.05, 0.1) is 7.11 Å². The summed E-state index contributed by atoms with van der Waals surface area (Å²) in [5, 5.41) is 6.20. The van der Waals surface area contributed by atoms with E-state index in [4.69, 9.17) is 4.74 Å². The normalized spacial score (nSPS) is 14.9. The minimum atomic E-state index is -0.580. The van der Waals surface area contributed by atoms with Crippen LogP contribution in [0.15, 0.2) is 48.5 Å². The second-order valence-electron chi connectivity index (χ2n) is 5.64. The first-order valence-electron chi connectivity index (χ1n) is 7.62. The number of rotatable bonds is 6. The molecular formula is C18H19FN2O2. The molecule has 2 aromatic rings. The van der Waals surface area contributed by atoms with Crippen molar-refractivity contribution in [3.63, 3.8) is 0 Å². The summed E-state index contributed by atoms with van der Waals surface area (Å²) in [7, 11) is 1.59. The second kappa shape index (κ2) is 6.69. The van der Waals surface area contributed by atoms with Crippen LogP contribution in [0.4, 0.5) is 10.1 Å². The van der Waals surface area contributed by atoms with Gasteiger partial charge in [0.15, 0.2) is 0 Å². The number of anilines is 1. The highest BCUT2D eigenvalue weighted by molar-refractivity contribution is 5.86. The molecule has 3 rings (SSSR count). The van der Waals surface area contributed by atoms with Crippen LogP contribution in [-0.2, 0) is 4.79 Å². The van der Waals surface area contributed by atoms with E-state index in [2.05, 4.69) is 10.6 Å². The van der Waals surface area contributed by atoms with Crippen LogP contribution in [-0.4, -0.2) is 19.1 Å². The summed E-state index contributed by atoms with van der Waals surface area (Å²) in [4.78, 5) is 12.5. The number of methoxy groups -OCH3 is 1. The third-order valence-electron chi connectivity index (χ3n) is 3.77. The molecule has 1 unspecified atom stereocenters. The van der Waals surface area contributed by atoms with E-state index in [1.807, 2.05) is 24.3 Å². The molecule has 0 saturated heterocycles. The molecule has 4 nitrogen and oxygen atoms in total. The van der Waals surface area contributed by atoms with Gasteiger partial charge in [-0.1, -0.05) is 18.2 Å². The molecule has 1 saturated carbocycles. The minimum absolute atomic E-state index is 0.109. The van der Waals surface area contributed by atoms with Crippen LogP contribution in [0.1, 0.15) is 24.4 Å². The zero-order chi connectivity index (χ0) is 16.2. The molecule has 5 heteroatoms. The van der Waals surface area contributed by atoms with Crippen LogP contribution in [0.3, 0.4) is 0 Å². The predicted molar refractivity (Wildman–Crippen MR) is 86.9 cm³/mol. The molecule has 120 valence electrons. The lowest BCUT2D eigenvalue weighted by Gasteiger charge is -2.20. The average molecular weight is 314 g/mol. The van der Waals surface area contributed by atoms with Gasteiger partial charge in [0.1, 0.15) is 17.6 Å². The Morgan fingerprint density at radius 1 is 1.22 bits per heavy atom. The Balaban J connectivity index is 1.83. The number of hydrogen-bond acceptors (Lipinski definition) is 3. The van der Waals surface area contributed by atoms with Crippen molar-refractivity contribution in [1.29, 1.82) is 0 Å². The molecule has 2 N–H and O–H groups in total. The van der Waals surface area contributed by atoms with Gasteiger partial charge < -0.3 is 15.4 Å². The largest absolute Gasteiger partial charge is 0.497 e. The van der Waals surface area contributed by atoms with Gasteiger partial charge in [-0.25, -0.2) is 4.39 Å². The van der Waals surface area contributed by atoms with E-state index >= 15 is 0 Å². The Kier molecular flexibility index (Phi) is 4.46. The highest BCUT2D eigenvalue weighted by atomic mass is 19.1. The first-order chi connectivity index (χ1) is 11.2. The van der Waals surface area contributed by atoms with Crippen LogP contribution in [0.25, 0.3) is 0 Å². The Hall–Kier alpha value is -2.56. The topological polar surface area (TPSA) is 50.4 Å². The second-order valence-corrected chi connectivity index (χ2v) is 5.64. The number of nitrogens with one attached hydrogen (secondary N) is 2. The van der Waals surface area contributed by atoms with Crippen LogP contribution in [0.5, 0.6) is 5.75 Å². The summed E-state index contributed by atoms with van der Waals surface area (Å²) in [6.07, 6.45) is 2.03. The van der Waals surface area contributed by atoms with E-state index in [1.54, 1.807) is 19.2 Å². The first-order valence-corrected chi connectivity index (χ1v) is 7.62. The van der Waals surface area contributed by atoms with Crippen molar-refractivity contribution >= 4 is 11.6 Å². The summed E-state index contributed by atoms with van der Waals surface area (Å²) >= 11 is 0. The number of carbonyl (C=O) groups is 1. The summed E-state index contributed by atoms with van der Waals surface area (Å²) < 4.78 is 18.4. The van der Waals surface area contributed by atoms with E-state index in [1.165, 1.54) is 12.1 Å². The molecular weight excluding hydrogens is 295 g/mol. The Labute approximate surface area is 134 Å². The number of hydrogen-bond donors (Lipinski definition) is 2. The summed E-state index contributed by atoms with van der Waals surface area (Å²) in [6.45, 7) is 0. The van der Waals surface area contributed by atoms with Gasteiger partial charge in [-0.05, 0) is 42.7 Å². The molecule has 0 aliphatic heterocycles. The maximum Gasteiger partial charge on any atom is 0.247 e. The third-order valence-corrected chi connectivity index (χ3v) is 3.77. The van der Waals surface area contributed by atoms with Crippen molar-refractivity contribution in [2.45, 2.75) is 24.9 Å². The fourth-order valence-electron chi connectivity index (χ4n) is 2.35. The molecule has 1 fully saturated rings. The molecule has 1 aliphatic rings. The fourth-order valence-corrected chi connectivity index (χ4v) is 2.35. The number of ether oxygens (including phenoxy) is 1. The molecule has 0 bridgehead atoms. The molecule has 1 aliphatic carbocycles. The third kappa shape index (κ3) is 4.00. The zero-order valence-corrected chi connectivity index (χ0v) is 12.9. The van der Waals surface area contributed by atoms with Crippen LogP contribution in [0, 0.1) is 5.82 Å². The average Bonchev–Trinajstić information content (AvgIpc) is 3.37. The Morgan fingerprint density at radius 3 is 2.61 bits per heavy atom. The number of halogens is 1. The number of benzene rings is 2.